The second-order valence-electron chi connectivity index (χ2n) is 4.92. The molecule has 0 unspecified atom stereocenters. The van der Waals surface area contributed by atoms with Crippen LogP contribution < -0.4 is 10.3 Å². The summed E-state index contributed by atoms with van der Waals surface area (Å²) in [5, 5.41) is 0. The van der Waals surface area contributed by atoms with Crippen molar-refractivity contribution in [3.8, 4) is 18.1 Å². The molecule has 21 heavy (non-hydrogen) atoms. The van der Waals surface area contributed by atoms with Crippen molar-refractivity contribution in [2.24, 2.45) is 5.92 Å². The SMILES string of the molecule is C#CCC1CCN(C(=O)NOc2ccc(F)c(F)c2)CC1. The van der Waals surface area contributed by atoms with Crippen LogP contribution in [0.1, 0.15) is 19.3 Å². The molecule has 2 rings (SSSR count). The van der Waals surface area contributed by atoms with Gasteiger partial charge < -0.3 is 9.74 Å². The number of piperidine rings is 1. The van der Waals surface area contributed by atoms with Crippen molar-refractivity contribution >= 4 is 6.03 Å². The number of nitrogens with zero attached hydrogens (tertiary/aromatic N) is 1. The summed E-state index contributed by atoms with van der Waals surface area (Å²) in [6.07, 6.45) is 7.69. The van der Waals surface area contributed by atoms with Crippen LogP contribution in [0.25, 0.3) is 0 Å². The number of terminal acetylenes is 1. The molecule has 0 saturated carbocycles. The molecule has 1 aromatic rings. The Morgan fingerprint density at radius 1 is 1.38 bits per heavy atom. The standard InChI is InChI=1S/C15H16F2N2O2/c1-2-3-11-6-8-19(9-7-11)15(20)18-21-12-4-5-13(16)14(17)10-12/h1,4-5,10-11H,3,6-9H2,(H,18,20). The number of hydrogen-bond donors (Lipinski definition) is 1. The summed E-state index contributed by atoms with van der Waals surface area (Å²) in [7, 11) is 0. The molecule has 0 spiro atoms. The van der Waals surface area contributed by atoms with Gasteiger partial charge in [0, 0.05) is 25.6 Å². The van der Waals surface area contributed by atoms with Crippen molar-refractivity contribution in [2.75, 3.05) is 13.1 Å². The molecule has 0 aromatic heterocycles. The molecule has 0 radical (unpaired) electrons. The molecule has 1 N–H and O–H groups in total. The molecule has 112 valence electrons. The van der Waals surface area contributed by atoms with Crippen LogP contribution in [-0.4, -0.2) is 24.0 Å². The number of halogens is 2. The monoisotopic (exact) mass is 294 g/mol. The Balaban J connectivity index is 1.80. The van der Waals surface area contributed by atoms with Gasteiger partial charge in [-0.2, -0.15) is 5.48 Å². The summed E-state index contributed by atoms with van der Waals surface area (Å²) < 4.78 is 25.7. The minimum Gasteiger partial charge on any atom is -0.378 e. The lowest BCUT2D eigenvalue weighted by molar-refractivity contribution is 0.126. The fraction of sp³-hybridized carbons (Fsp3) is 0.400. The summed E-state index contributed by atoms with van der Waals surface area (Å²) in [4.78, 5) is 18.4. The highest BCUT2D eigenvalue weighted by molar-refractivity contribution is 5.73. The Kier molecular flexibility index (Phi) is 4.99. The van der Waals surface area contributed by atoms with E-state index in [-0.39, 0.29) is 5.75 Å². The van der Waals surface area contributed by atoms with Gasteiger partial charge in [-0.1, -0.05) is 0 Å². The Morgan fingerprint density at radius 3 is 2.71 bits per heavy atom. The summed E-state index contributed by atoms with van der Waals surface area (Å²) in [6.45, 7) is 1.19. The van der Waals surface area contributed by atoms with Gasteiger partial charge in [-0.05, 0) is 30.9 Å². The van der Waals surface area contributed by atoms with Crippen molar-refractivity contribution in [3.63, 3.8) is 0 Å². The summed E-state index contributed by atoms with van der Waals surface area (Å²) in [5.74, 6) is 1.11. The summed E-state index contributed by atoms with van der Waals surface area (Å²) in [6, 6.07) is 2.63. The molecule has 1 aliphatic rings. The quantitative estimate of drug-likeness (QED) is 0.688. The first-order chi connectivity index (χ1) is 10.1. The molecule has 1 saturated heterocycles. The lowest BCUT2D eigenvalue weighted by atomic mass is 9.94. The maximum atomic E-state index is 13.0. The van der Waals surface area contributed by atoms with E-state index >= 15 is 0 Å². The minimum atomic E-state index is -1.03. The number of likely N-dealkylation sites (tertiary alicyclic amines) is 1. The molecular formula is C15H16F2N2O2. The van der Waals surface area contributed by atoms with Crippen LogP contribution in [-0.2, 0) is 0 Å². The summed E-state index contributed by atoms with van der Waals surface area (Å²) >= 11 is 0. The Hall–Kier alpha value is -2.29. The number of urea groups is 1. The zero-order valence-electron chi connectivity index (χ0n) is 11.4. The number of nitrogens with one attached hydrogen (secondary N) is 1. The molecule has 1 aromatic carbocycles. The maximum Gasteiger partial charge on any atom is 0.350 e. The van der Waals surface area contributed by atoms with Crippen LogP contribution in [0.5, 0.6) is 5.75 Å². The van der Waals surface area contributed by atoms with Gasteiger partial charge in [0.25, 0.3) is 0 Å². The first-order valence-corrected chi connectivity index (χ1v) is 6.70. The topological polar surface area (TPSA) is 41.6 Å². The molecule has 4 nitrogen and oxygen atoms in total. The van der Waals surface area contributed by atoms with E-state index in [1.165, 1.54) is 6.07 Å². The highest BCUT2D eigenvalue weighted by Crippen LogP contribution is 2.20. The minimum absolute atomic E-state index is 0.0319. The first-order valence-electron chi connectivity index (χ1n) is 6.70. The van der Waals surface area contributed by atoms with Crippen LogP contribution >= 0.6 is 0 Å². The van der Waals surface area contributed by atoms with Crippen molar-refractivity contribution < 1.29 is 18.4 Å². The molecule has 2 amide bonds. The Bertz CT molecular complexity index is 549. The molecule has 0 bridgehead atoms. The van der Waals surface area contributed by atoms with E-state index < -0.39 is 17.7 Å². The van der Waals surface area contributed by atoms with E-state index in [1.807, 2.05) is 0 Å². The highest BCUT2D eigenvalue weighted by Gasteiger charge is 2.22. The van der Waals surface area contributed by atoms with Crippen LogP contribution in [0.3, 0.4) is 0 Å². The van der Waals surface area contributed by atoms with Crippen LogP contribution in [0, 0.1) is 29.9 Å². The third-order valence-electron chi connectivity index (χ3n) is 3.46. The van der Waals surface area contributed by atoms with E-state index in [4.69, 9.17) is 11.3 Å². The zero-order valence-corrected chi connectivity index (χ0v) is 11.4. The van der Waals surface area contributed by atoms with E-state index in [1.54, 1.807) is 4.90 Å². The van der Waals surface area contributed by atoms with Crippen LogP contribution in [0.15, 0.2) is 18.2 Å². The fourth-order valence-corrected chi connectivity index (χ4v) is 2.21. The second kappa shape index (κ2) is 6.93. The third kappa shape index (κ3) is 4.09. The number of benzene rings is 1. The van der Waals surface area contributed by atoms with Gasteiger partial charge >= 0.3 is 6.03 Å². The number of carbonyl (C=O) groups is 1. The maximum absolute atomic E-state index is 13.0. The number of hydroxylamine groups is 1. The van der Waals surface area contributed by atoms with Crippen LogP contribution in [0.2, 0.25) is 0 Å². The largest absolute Gasteiger partial charge is 0.378 e. The van der Waals surface area contributed by atoms with Gasteiger partial charge in [-0.3, -0.25) is 0 Å². The molecular weight excluding hydrogens is 278 g/mol. The van der Waals surface area contributed by atoms with E-state index in [0.717, 1.165) is 31.4 Å². The first kappa shape index (κ1) is 15.1. The normalized spacial score (nSPS) is 15.4. The van der Waals surface area contributed by atoms with E-state index in [0.29, 0.717) is 19.0 Å². The highest BCUT2D eigenvalue weighted by atomic mass is 19.2. The van der Waals surface area contributed by atoms with Gasteiger partial charge in [0.2, 0.25) is 0 Å². The predicted molar refractivity (Wildman–Crippen MR) is 73.3 cm³/mol. The fourth-order valence-electron chi connectivity index (χ4n) is 2.21. The molecule has 1 aliphatic heterocycles. The van der Waals surface area contributed by atoms with Crippen LogP contribution in [0.4, 0.5) is 13.6 Å². The number of hydrogen-bond acceptors (Lipinski definition) is 2. The lowest BCUT2D eigenvalue weighted by Crippen LogP contribution is -2.45. The molecule has 6 heteroatoms. The summed E-state index contributed by atoms with van der Waals surface area (Å²) in [5.41, 5.74) is 2.22. The van der Waals surface area contributed by atoms with Crippen molar-refractivity contribution in [3.05, 3.63) is 29.8 Å². The van der Waals surface area contributed by atoms with Crippen molar-refractivity contribution in [1.82, 2.24) is 10.4 Å². The van der Waals surface area contributed by atoms with Gasteiger partial charge in [0.15, 0.2) is 17.4 Å². The second-order valence-corrected chi connectivity index (χ2v) is 4.92. The predicted octanol–water partition coefficient (Wildman–Crippen LogP) is 2.70. The van der Waals surface area contributed by atoms with Gasteiger partial charge in [-0.15, -0.1) is 12.3 Å². The van der Waals surface area contributed by atoms with Crippen molar-refractivity contribution in [1.29, 1.82) is 0 Å². The van der Waals surface area contributed by atoms with Gasteiger partial charge in [0.1, 0.15) is 0 Å². The number of amides is 2. The Labute approximate surface area is 122 Å². The smallest absolute Gasteiger partial charge is 0.350 e. The zero-order chi connectivity index (χ0) is 15.2. The van der Waals surface area contributed by atoms with E-state index in [2.05, 4.69) is 11.4 Å². The Morgan fingerprint density at radius 2 is 2.10 bits per heavy atom. The number of carbonyl (C=O) groups excluding carboxylic acids is 1. The third-order valence-corrected chi connectivity index (χ3v) is 3.46. The lowest BCUT2D eigenvalue weighted by Gasteiger charge is -2.30. The van der Waals surface area contributed by atoms with Gasteiger partial charge in [-0.25, -0.2) is 13.6 Å². The average molecular weight is 294 g/mol. The molecule has 1 fully saturated rings. The van der Waals surface area contributed by atoms with Gasteiger partial charge in [0.05, 0.1) is 0 Å². The van der Waals surface area contributed by atoms with Crippen molar-refractivity contribution in [2.45, 2.75) is 19.3 Å². The average Bonchev–Trinajstić information content (AvgIpc) is 2.49. The molecule has 1 heterocycles. The van der Waals surface area contributed by atoms with E-state index in [9.17, 15) is 13.6 Å². The molecule has 0 aliphatic carbocycles. The number of rotatable bonds is 3. The molecule has 0 atom stereocenters.